The number of methoxy groups -OCH3 is 1. The number of nitrogens with zero attached hydrogens (tertiary/aromatic N) is 1. The van der Waals surface area contributed by atoms with Gasteiger partial charge >= 0.3 is 0 Å². The maximum absolute atomic E-state index is 13.8. The lowest BCUT2D eigenvalue weighted by atomic mass is 9.91. The normalized spacial score (nSPS) is 11.5. The predicted molar refractivity (Wildman–Crippen MR) is 79.8 cm³/mol. The summed E-state index contributed by atoms with van der Waals surface area (Å²) in [5.41, 5.74) is 0.398. The van der Waals surface area contributed by atoms with E-state index in [4.69, 9.17) is 4.74 Å². The maximum atomic E-state index is 13.8. The molecule has 0 aliphatic heterocycles. The largest absolute Gasteiger partial charge is 0.497 e. The molecular formula is C16H11BrFNO2. The third-order valence-electron chi connectivity index (χ3n) is 3.03. The van der Waals surface area contributed by atoms with Gasteiger partial charge in [0.05, 0.1) is 18.7 Å². The summed E-state index contributed by atoms with van der Waals surface area (Å²) in [5, 5.41) is 9.26. The maximum Gasteiger partial charge on any atom is 0.187 e. The zero-order chi connectivity index (χ0) is 15.4. The summed E-state index contributed by atoms with van der Waals surface area (Å²) in [7, 11) is 1.53. The standard InChI is InChI=1S/C16H11BrFNO2/c1-21-12-5-2-10(3-6-12)14(9-19)16(20)13-8-11(17)4-7-15(13)18/h2-8,14H,1H3. The highest BCUT2D eigenvalue weighted by atomic mass is 79.9. The van der Waals surface area contributed by atoms with Crippen molar-refractivity contribution in [3.63, 3.8) is 0 Å². The minimum Gasteiger partial charge on any atom is -0.497 e. The van der Waals surface area contributed by atoms with Crippen molar-refractivity contribution in [2.24, 2.45) is 0 Å². The van der Waals surface area contributed by atoms with Crippen LogP contribution in [-0.4, -0.2) is 12.9 Å². The predicted octanol–water partition coefficient (Wildman–Crippen LogP) is 4.09. The number of hydrogen-bond acceptors (Lipinski definition) is 3. The Labute approximate surface area is 130 Å². The van der Waals surface area contributed by atoms with Gasteiger partial charge in [-0.25, -0.2) is 4.39 Å². The topological polar surface area (TPSA) is 50.1 Å². The van der Waals surface area contributed by atoms with Crippen molar-refractivity contribution in [2.45, 2.75) is 5.92 Å². The lowest BCUT2D eigenvalue weighted by molar-refractivity contribution is 0.0975. The van der Waals surface area contributed by atoms with Crippen molar-refractivity contribution in [1.82, 2.24) is 0 Å². The first-order valence-electron chi connectivity index (χ1n) is 6.09. The number of ketones is 1. The Balaban J connectivity index is 2.38. The summed E-state index contributed by atoms with van der Waals surface area (Å²) in [4.78, 5) is 12.4. The minimum atomic E-state index is -1.06. The summed E-state index contributed by atoms with van der Waals surface area (Å²) in [6, 6.07) is 12.6. The van der Waals surface area contributed by atoms with Gasteiger partial charge in [0.2, 0.25) is 0 Å². The average Bonchev–Trinajstić information content (AvgIpc) is 2.51. The van der Waals surface area contributed by atoms with Crippen LogP contribution < -0.4 is 4.74 Å². The summed E-state index contributed by atoms with van der Waals surface area (Å²) in [6.45, 7) is 0. The van der Waals surface area contributed by atoms with Crippen LogP contribution in [0.3, 0.4) is 0 Å². The zero-order valence-electron chi connectivity index (χ0n) is 11.1. The molecule has 0 aliphatic rings. The van der Waals surface area contributed by atoms with Crippen LogP contribution in [0, 0.1) is 17.1 Å². The molecular weight excluding hydrogens is 337 g/mol. The number of rotatable bonds is 4. The van der Waals surface area contributed by atoms with Crippen molar-refractivity contribution in [3.05, 3.63) is 63.9 Å². The molecule has 0 saturated carbocycles. The van der Waals surface area contributed by atoms with E-state index in [9.17, 15) is 14.4 Å². The highest BCUT2D eigenvalue weighted by Gasteiger charge is 2.24. The van der Waals surface area contributed by atoms with Crippen LogP contribution in [0.1, 0.15) is 21.8 Å². The van der Waals surface area contributed by atoms with Gasteiger partial charge in [-0.2, -0.15) is 5.26 Å². The molecule has 0 saturated heterocycles. The molecule has 0 aliphatic carbocycles. The van der Waals surface area contributed by atoms with Gasteiger partial charge in [-0.15, -0.1) is 0 Å². The molecule has 0 aromatic heterocycles. The molecule has 0 N–H and O–H groups in total. The van der Waals surface area contributed by atoms with Gasteiger partial charge in [0, 0.05) is 4.47 Å². The molecule has 0 spiro atoms. The Morgan fingerprint density at radius 3 is 2.52 bits per heavy atom. The molecule has 5 heteroatoms. The van der Waals surface area contributed by atoms with Gasteiger partial charge in [0.25, 0.3) is 0 Å². The zero-order valence-corrected chi connectivity index (χ0v) is 12.7. The second-order valence-corrected chi connectivity index (χ2v) is 5.24. The number of benzene rings is 2. The number of ether oxygens (including phenoxy) is 1. The lowest BCUT2D eigenvalue weighted by Crippen LogP contribution is -2.13. The molecule has 2 rings (SSSR count). The van der Waals surface area contributed by atoms with E-state index in [2.05, 4.69) is 15.9 Å². The molecule has 2 aromatic carbocycles. The fourth-order valence-electron chi connectivity index (χ4n) is 1.92. The lowest BCUT2D eigenvalue weighted by Gasteiger charge is -2.10. The van der Waals surface area contributed by atoms with Crippen molar-refractivity contribution >= 4 is 21.7 Å². The van der Waals surface area contributed by atoms with Crippen LogP contribution in [0.25, 0.3) is 0 Å². The fourth-order valence-corrected chi connectivity index (χ4v) is 2.28. The molecule has 0 heterocycles. The van der Waals surface area contributed by atoms with E-state index in [1.807, 2.05) is 6.07 Å². The van der Waals surface area contributed by atoms with Gasteiger partial charge in [-0.1, -0.05) is 28.1 Å². The fraction of sp³-hybridized carbons (Fsp3) is 0.125. The third kappa shape index (κ3) is 3.29. The van der Waals surface area contributed by atoms with Gasteiger partial charge in [-0.3, -0.25) is 4.79 Å². The smallest absolute Gasteiger partial charge is 0.187 e. The molecule has 3 nitrogen and oxygen atoms in total. The van der Waals surface area contributed by atoms with Crippen LogP contribution in [-0.2, 0) is 0 Å². The highest BCUT2D eigenvalue weighted by molar-refractivity contribution is 9.10. The molecule has 2 aromatic rings. The average molecular weight is 348 g/mol. The van der Waals surface area contributed by atoms with Crippen molar-refractivity contribution < 1.29 is 13.9 Å². The molecule has 106 valence electrons. The monoisotopic (exact) mass is 347 g/mol. The van der Waals surface area contributed by atoms with Crippen LogP contribution in [0.4, 0.5) is 4.39 Å². The van der Waals surface area contributed by atoms with E-state index in [1.54, 1.807) is 24.3 Å². The van der Waals surface area contributed by atoms with Crippen molar-refractivity contribution in [2.75, 3.05) is 7.11 Å². The molecule has 0 fully saturated rings. The molecule has 1 atom stereocenters. The van der Waals surface area contributed by atoms with E-state index >= 15 is 0 Å². The van der Waals surface area contributed by atoms with Crippen LogP contribution in [0.2, 0.25) is 0 Å². The minimum absolute atomic E-state index is 0.105. The molecule has 0 bridgehead atoms. The van der Waals surface area contributed by atoms with Crippen molar-refractivity contribution in [1.29, 1.82) is 5.26 Å². The molecule has 1 unspecified atom stereocenters. The summed E-state index contributed by atoms with van der Waals surface area (Å²) >= 11 is 3.19. The van der Waals surface area contributed by atoms with Crippen molar-refractivity contribution in [3.8, 4) is 11.8 Å². The van der Waals surface area contributed by atoms with Crippen LogP contribution in [0.15, 0.2) is 46.9 Å². The summed E-state index contributed by atoms with van der Waals surface area (Å²) in [5.74, 6) is -1.64. The number of carbonyl (C=O) groups excluding carboxylic acids is 1. The molecule has 21 heavy (non-hydrogen) atoms. The van der Waals surface area contributed by atoms with E-state index in [0.29, 0.717) is 15.8 Å². The first-order valence-corrected chi connectivity index (χ1v) is 6.89. The van der Waals surface area contributed by atoms with E-state index in [-0.39, 0.29) is 5.56 Å². The van der Waals surface area contributed by atoms with Gasteiger partial charge in [0.1, 0.15) is 17.5 Å². The SMILES string of the molecule is COc1ccc(C(C#N)C(=O)c2cc(Br)ccc2F)cc1. The Hall–Kier alpha value is -2.19. The number of hydrogen-bond donors (Lipinski definition) is 0. The number of Topliss-reactive ketones (excluding diaryl/α,β-unsaturated/α-hetero) is 1. The summed E-state index contributed by atoms with van der Waals surface area (Å²) < 4.78 is 19.4. The Kier molecular flexibility index (Phi) is 4.71. The third-order valence-corrected chi connectivity index (χ3v) is 3.53. The molecule has 0 amide bonds. The van der Waals surface area contributed by atoms with E-state index < -0.39 is 17.5 Å². The first-order chi connectivity index (χ1) is 10.1. The Morgan fingerprint density at radius 1 is 1.29 bits per heavy atom. The number of nitriles is 1. The summed E-state index contributed by atoms with van der Waals surface area (Å²) in [6.07, 6.45) is 0. The quantitative estimate of drug-likeness (QED) is 0.782. The Morgan fingerprint density at radius 2 is 1.95 bits per heavy atom. The van der Waals surface area contributed by atoms with Gasteiger partial charge in [-0.05, 0) is 35.9 Å². The first kappa shape index (κ1) is 15.2. The molecule has 0 radical (unpaired) electrons. The van der Waals surface area contributed by atoms with Gasteiger partial charge < -0.3 is 4.74 Å². The Bertz CT molecular complexity index is 707. The number of halogens is 2. The van der Waals surface area contributed by atoms with Crippen LogP contribution >= 0.6 is 15.9 Å². The highest BCUT2D eigenvalue weighted by Crippen LogP contribution is 2.25. The van der Waals surface area contributed by atoms with E-state index in [0.717, 1.165) is 0 Å². The number of carbonyl (C=O) groups is 1. The van der Waals surface area contributed by atoms with Crippen LogP contribution in [0.5, 0.6) is 5.75 Å². The second-order valence-electron chi connectivity index (χ2n) is 4.32. The van der Waals surface area contributed by atoms with E-state index in [1.165, 1.54) is 25.3 Å². The second kappa shape index (κ2) is 6.51. The van der Waals surface area contributed by atoms with Gasteiger partial charge in [0.15, 0.2) is 5.78 Å².